The molecule has 0 amide bonds. The number of Topliss-reactive ketones (excluding diaryl/α,β-unsaturated/α-hetero) is 1. The third-order valence-electron chi connectivity index (χ3n) is 3.83. The molecule has 1 unspecified atom stereocenters. The van der Waals surface area contributed by atoms with Crippen molar-refractivity contribution in [2.45, 2.75) is 71.8 Å². The predicted molar refractivity (Wildman–Crippen MR) is 79.8 cm³/mol. The number of phosphoric ester groups is 1. The van der Waals surface area contributed by atoms with Gasteiger partial charge in [-0.3, -0.25) is 9.36 Å². The average molecular weight is 319 g/mol. The second-order valence-corrected chi connectivity index (χ2v) is 7.63. The highest BCUT2D eigenvalue weighted by Crippen LogP contribution is 2.54. The van der Waals surface area contributed by atoms with Gasteiger partial charge in [-0.25, -0.2) is 0 Å². The van der Waals surface area contributed by atoms with E-state index in [2.05, 4.69) is 13.8 Å². The lowest BCUT2D eigenvalue weighted by molar-refractivity contribution is -0.232. The first-order chi connectivity index (χ1) is 9.76. The Morgan fingerprint density at radius 3 is 2.14 bits per heavy atom. The summed E-state index contributed by atoms with van der Waals surface area (Å²) >= 11 is 0. The molecule has 0 heterocycles. The normalized spacial score (nSPS) is 19.8. The lowest BCUT2D eigenvalue weighted by Gasteiger charge is -2.29. The van der Waals surface area contributed by atoms with Gasteiger partial charge in [0.25, 0.3) is 7.82 Å². The molecule has 1 rings (SSSR count). The minimum absolute atomic E-state index is 0.147. The number of phosphoric acid groups is 1. The van der Waals surface area contributed by atoms with Gasteiger partial charge in [0.1, 0.15) is 5.60 Å². The van der Waals surface area contributed by atoms with Crippen molar-refractivity contribution in [2.24, 2.45) is 11.8 Å². The molecule has 0 aliphatic heterocycles. The molecule has 0 spiro atoms. The average Bonchev–Trinajstić information content (AvgIpc) is 3.15. The van der Waals surface area contributed by atoms with E-state index in [1.165, 1.54) is 0 Å². The van der Waals surface area contributed by atoms with Gasteiger partial charge in [-0.15, -0.1) is 0 Å². The molecule has 21 heavy (non-hydrogen) atoms. The fourth-order valence-corrected chi connectivity index (χ4v) is 3.73. The summed E-state index contributed by atoms with van der Waals surface area (Å²) < 4.78 is 22.1. The van der Waals surface area contributed by atoms with Crippen LogP contribution in [0.1, 0.15) is 66.2 Å². The number of carbonyl (C=O) groups is 1. The minimum atomic E-state index is -4.42. The standard InChI is InChI=1S/C15H29O5P/c1-5-7-13(8-6-2)11-19-21(17,18)20-15(9-10-15)14(16)12(3)4/h12-13H,5-11H2,1-4H3,(H,17,18)/p-1. The maximum absolute atomic E-state index is 12.0. The van der Waals surface area contributed by atoms with Crippen LogP contribution in [0.3, 0.4) is 0 Å². The SMILES string of the molecule is CCCC(CCC)COP(=O)([O-])OC1(C(=O)C(C)C)CC1. The van der Waals surface area contributed by atoms with Crippen LogP contribution < -0.4 is 4.89 Å². The smallest absolute Gasteiger partial charge is 0.268 e. The van der Waals surface area contributed by atoms with Gasteiger partial charge in [-0.1, -0.05) is 40.5 Å². The van der Waals surface area contributed by atoms with Crippen molar-refractivity contribution in [3.63, 3.8) is 0 Å². The second-order valence-electron chi connectivity index (χ2n) is 6.29. The van der Waals surface area contributed by atoms with Crippen LogP contribution in [0.15, 0.2) is 0 Å². The van der Waals surface area contributed by atoms with E-state index >= 15 is 0 Å². The largest absolute Gasteiger partial charge is 0.756 e. The van der Waals surface area contributed by atoms with Gasteiger partial charge in [0.05, 0.1) is 6.61 Å². The third-order valence-corrected chi connectivity index (χ3v) is 4.86. The molecule has 1 aliphatic rings. The van der Waals surface area contributed by atoms with Crippen molar-refractivity contribution >= 4 is 13.6 Å². The Hall–Kier alpha value is -0.220. The number of rotatable bonds is 11. The summed E-state index contributed by atoms with van der Waals surface area (Å²) in [7, 11) is -4.42. The monoisotopic (exact) mass is 319 g/mol. The molecule has 124 valence electrons. The van der Waals surface area contributed by atoms with E-state index in [1.807, 2.05) is 0 Å². The molecule has 1 saturated carbocycles. The van der Waals surface area contributed by atoms with Gasteiger partial charge in [-0.05, 0) is 31.6 Å². The van der Waals surface area contributed by atoms with Gasteiger partial charge < -0.3 is 13.9 Å². The first-order valence-corrected chi connectivity index (χ1v) is 9.43. The van der Waals surface area contributed by atoms with Crippen LogP contribution in [0, 0.1) is 11.8 Å². The van der Waals surface area contributed by atoms with Gasteiger partial charge in [0.2, 0.25) is 0 Å². The van der Waals surface area contributed by atoms with E-state index in [-0.39, 0.29) is 24.2 Å². The van der Waals surface area contributed by atoms with Crippen molar-refractivity contribution < 1.29 is 23.3 Å². The molecule has 0 radical (unpaired) electrons. The highest BCUT2D eigenvalue weighted by Gasteiger charge is 2.54. The lowest BCUT2D eigenvalue weighted by atomic mass is 10.00. The number of hydrogen-bond acceptors (Lipinski definition) is 5. The summed E-state index contributed by atoms with van der Waals surface area (Å²) in [4.78, 5) is 24.0. The molecule has 0 bridgehead atoms. The summed E-state index contributed by atoms with van der Waals surface area (Å²) in [6.07, 6.45) is 4.79. The van der Waals surface area contributed by atoms with Gasteiger partial charge in [-0.2, -0.15) is 0 Å². The third kappa shape index (κ3) is 5.82. The van der Waals surface area contributed by atoms with Gasteiger partial charge >= 0.3 is 0 Å². The quantitative estimate of drug-likeness (QED) is 0.545. The zero-order chi connectivity index (χ0) is 16.1. The van der Waals surface area contributed by atoms with Crippen LogP contribution in [0.4, 0.5) is 0 Å². The topological polar surface area (TPSA) is 75.7 Å². The molecule has 1 aliphatic carbocycles. The van der Waals surface area contributed by atoms with Crippen LogP contribution in [0.2, 0.25) is 0 Å². The summed E-state index contributed by atoms with van der Waals surface area (Å²) in [6, 6.07) is 0. The van der Waals surface area contributed by atoms with E-state index in [9.17, 15) is 14.3 Å². The maximum Gasteiger partial charge on any atom is 0.268 e. The van der Waals surface area contributed by atoms with Crippen molar-refractivity contribution in [2.75, 3.05) is 6.61 Å². The molecule has 1 atom stereocenters. The molecule has 1 fully saturated rings. The van der Waals surface area contributed by atoms with Gasteiger partial charge in [0, 0.05) is 5.92 Å². The highest BCUT2D eigenvalue weighted by atomic mass is 31.2. The van der Waals surface area contributed by atoms with Crippen molar-refractivity contribution in [1.29, 1.82) is 0 Å². The zero-order valence-electron chi connectivity index (χ0n) is 13.6. The van der Waals surface area contributed by atoms with Crippen molar-refractivity contribution in [1.82, 2.24) is 0 Å². The molecular formula is C15H28O5P-. The van der Waals surface area contributed by atoms with Crippen LogP contribution in [0.5, 0.6) is 0 Å². The Labute approximate surface area is 128 Å². The minimum Gasteiger partial charge on any atom is -0.756 e. The first-order valence-electron chi connectivity index (χ1n) is 7.97. The van der Waals surface area contributed by atoms with E-state index in [0.29, 0.717) is 12.8 Å². The van der Waals surface area contributed by atoms with Crippen LogP contribution in [0.25, 0.3) is 0 Å². The summed E-state index contributed by atoms with van der Waals surface area (Å²) in [6.45, 7) is 7.78. The molecule has 0 N–H and O–H groups in total. The molecule has 0 aromatic rings. The Balaban J connectivity index is 2.54. The zero-order valence-corrected chi connectivity index (χ0v) is 14.5. The Morgan fingerprint density at radius 1 is 1.24 bits per heavy atom. The Morgan fingerprint density at radius 2 is 1.76 bits per heavy atom. The molecule has 6 heteroatoms. The van der Waals surface area contributed by atoms with Crippen LogP contribution in [-0.4, -0.2) is 18.0 Å². The lowest BCUT2D eigenvalue weighted by Crippen LogP contribution is -2.31. The summed E-state index contributed by atoms with van der Waals surface area (Å²) in [5.41, 5.74) is -1.14. The predicted octanol–water partition coefficient (Wildman–Crippen LogP) is 3.46. The number of ketones is 1. The van der Waals surface area contributed by atoms with Crippen LogP contribution in [-0.2, 0) is 18.4 Å². The molecule has 0 aromatic heterocycles. The first kappa shape index (κ1) is 18.8. The Bertz CT molecular complexity index is 384. The summed E-state index contributed by atoms with van der Waals surface area (Å²) in [5, 5.41) is 0. The number of hydrogen-bond donors (Lipinski definition) is 0. The van der Waals surface area contributed by atoms with E-state index in [4.69, 9.17) is 9.05 Å². The highest BCUT2D eigenvalue weighted by molar-refractivity contribution is 7.46. The summed E-state index contributed by atoms with van der Waals surface area (Å²) in [5.74, 6) is -0.164. The molecule has 5 nitrogen and oxygen atoms in total. The Kier molecular flexibility index (Phi) is 7.05. The van der Waals surface area contributed by atoms with E-state index < -0.39 is 13.4 Å². The van der Waals surface area contributed by atoms with Crippen molar-refractivity contribution in [3.05, 3.63) is 0 Å². The fraction of sp³-hybridized carbons (Fsp3) is 0.933. The van der Waals surface area contributed by atoms with E-state index in [0.717, 1.165) is 25.7 Å². The van der Waals surface area contributed by atoms with E-state index in [1.54, 1.807) is 13.8 Å². The molecular weight excluding hydrogens is 291 g/mol. The second kappa shape index (κ2) is 7.87. The molecule has 0 saturated heterocycles. The van der Waals surface area contributed by atoms with Crippen molar-refractivity contribution in [3.8, 4) is 0 Å². The fourth-order valence-electron chi connectivity index (χ4n) is 2.59. The van der Waals surface area contributed by atoms with Crippen LogP contribution >= 0.6 is 7.82 Å². The molecule has 0 aromatic carbocycles. The maximum atomic E-state index is 12.0. The number of carbonyl (C=O) groups excluding carboxylic acids is 1. The van der Waals surface area contributed by atoms with Gasteiger partial charge in [0.15, 0.2) is 5.78 Å².